The summed E-state index contributed by atoms with van der Waals surface area (Å²) >= 11 is 0. The number of carbonyl (C=O) groups is 2. The molecule has 9 heteroatoms. The third kappa shape index (κ3) is 4.93. The summed E-state index contributed by atoms with van der Waals surface area (Å²) in [5, 5.41) is 10.1. The van der Waals surface area contributed by atoms with Gasteiger partial charge in [0.05, 0.1) is 27.5 Å². The Hall–Kier alpha value is -3.10. The van der Waals surface area contributed by atoms with E-state index in [-0.39, 0.29) is 18.1 Å². The highest BCUT2D eigenvalue weighted by Gasteiger charge is 2.12. The summed E-state index contributed by atoms with van der Waals surface area (Å²) in [5.41, 5.74) is 1.06. The topological polar surface area (TPSA) is 105 Å². The van der Waals surface area contributed by atoms with E-state index in [1.54, 1.807) is 14.2 Å². The smallest absolute Gasteiger partial charge is 0.360 e. The van der Waals surface area contributed by atoms with E-state index >= 15 is 0 Å². The van der Waals surface area contributed by atoms with E-state index in [9.17, 15) is 9.59 Å². The number of rotatable bonds is 8. The lowest BCUT2D eigenvalue weighted by Gasteiger charge is -2.10. The minimum Gasteiger partial charge on any atom is -0.493 e. The standard InChI is InChI=1S/C16H20N4O5/c1-23-13-5-4-11(8-14(13)24-2)6-7-17-15(21)10-20-9-12(18-19-20)16(22)25-3/h4-5,8-9H,6-7,10H2,1-3H3,(H,17,21). The molecule has 0 bridgehead atoms. The minimum absolute atomic E-state index is 0.0318. The molecule has 0 atom stereocenters. The first kappa shape index (κ1) is 18.2. The molecule has 1 aromatic carbocycles. The third-order valence-electron chi connectivity index (χ3n) is 3.42. The number of carbonyl (C=O) groups excluding carboxylic acids is 2. The summed E-state index contributed by atoms with van der Waals surface area (Å²) in [6, 6.07) is 5.60. The van der Waals surface area contributed by atoms with Gasteiger partial charge in [0, 0.05) is 6.54 Å². The first-order valence-electron chi connectivity index (χ1n) is 7.53. The molecule has 0 radical (unpaired) electrons. The largest absolute Gasteiger partial charge is 0.493 e. The number of ether oxygens (including phenoxy) is 3. The van der Waals surface area contributed by atoms with Crippen LogP contribution in [0.5, 0.6) is 11.5 Å². The van der Waals surface area contributed by atoms with Crippen molar-refractivity contribution in [3.05, 3.63) is 35.7 Å². The van der Waals surface area contributed by atoms with E-state index in [4.69, 9.17) is 9.47 Å². The number of nitrogens with one attached hydrogen (secondary N) is 1. The number of methoxy groups -OCH3 is 3. The molecule has 2 rings (SSSR count). The van der Waals surface area contributed by atoms with Gasteiger partial charge in [0.1, 0.15) is 6.54 Å². The van der Waals surface area contributed by atoms with Crippen LogP contribution < -0.4 is 14.8 Å². The lowest BCUT2D eigenvalue weighted by atomic mass is 10.1. The van der Waals surface area contributed by atoms with Gasteiger partial charge in [-0.15, -0.1) is 5.10 Å². The van der Waals surface area contributed by atoms with Crippen LogP contribution >= 0.6 is 0 Å². The van der Waals surface area contributed by atoms with Gasteiger partial charge in [-0.1, -0.05) is 11.3 Å². The van der Waals surface area contributed by atoms with Gasteiger partial charge in [0.2, 0.25) is 5.91 Å². The molecule has 0 aliphatic heterocycles. The lowest BCUT2D eigenvalue weighted by molar-refractivity contribution is -0.121. The van der Waals surface area contributed by atoms with E-state index < -0.39 is 5.97 Å². The quantitative estimate of drug-likeness (QED) is 0.690. The molecule has 1 heterocycles. The zero-order chi connectivity index (χ0) is 18.2. The molecule has 25 heavy (non-hydrogen) atoms. The van der Waals surface area contributed by atoms with Gasteiger partial charge in [-0.25, -0.2) is 9.48 Å². The Balaban J connectivity index is 1.82. The lowest BCUT2D eigenvalue weighted by Crippen LogP contribution is -2.29. The molecular weight excluding hydrogens is 328 g/mol. The van der Waals surface area contributed by atoms with Crippen molar-refractivity contribution in [2.45, 2.75) is 13.0 Å². The number of amides is 1. The molecule has 0 saturated carbocycles. The van der Waals surface area contributed by atoms with Crippen molar-refractivity contribution in [3.8, 4) is 11.5 Å². The van der Waals surface area contributed by atoms with Crippen molar-refractivity contribution in [2.75, 3.05) is 27.9 Å². The number of hydrogen-bond acceptors (Lipinski definition) is 7. The van der Waals surface area contributed by atoms with Crippen molar-refractivity contribution in [1.29, 1.82) is 0 Å². The summed E-state index contributed by atoms with van der Waals surface area (Å²) < 4.78 is 16.2. The minimum atomic E-state index is -0.597. The van der Waals surface area contributed by atoms with E-state index in [0.29, 0.717) is 24.5 Å². The fourth-order valence-corrected chi connectivity index (χ4v) is 2.16. The normalized spacial score (nSPS) is 10.2. The highest BCUT2D eigenvalue weighted by molar-refractivity contribution is 5.86. The van der Waals surface area contributed by atoms with E-state index in [0.717, 1.165) is 5.56 Å². The highest BCUT2D eigenvalue weighted by Crippen LogP contribution is 2.27. The van der Waals surface area contributed by atoms with Crippen LogP contribution in [0.1, 0.15) is 16.1 Å². The van der Waals surface area contributed by atoms with Crippen molar-refractivity contribution < 1.29 is 23.8 Å². The van der Waals surface area contributed by atoms with Crippen LogP contribution in [0.4, 0.5) is 0 Å². The van der Waals surface area contributed by atoms with Gasteiger partial charge in [0.15, 0.2) is 17.2 Å². The molecule has 0 fully saturated rings. The molecular formula is C16H20N4O5. The van der Waals surface area contributed by atoms with Crippen molar-refractivity contribution in [3.63, 3.8) is 0 Å². The van der Waals surface area contributed by atoms with E-state index in [2.05, 4.69) is 20.4 Å². The van der Waals surface area contributed by atoms with Crippen LogP contribution in [0, 0.1) is 0 Å². The predicted molar refractivity (Wildman–Crippen MR) is 87.6 cm³/mol. The molecule has 9 nitrogen and oxygen atoms in total. The SMILES string of the molecule is COC(=O)c1cn(CC(=O)NCCc2ccc(OC)c(OC)c2)nn1. The van der Waals surface area contributed by atoms with Gasteiger partial charge in [0.25, 0.3) is 0 Å². The first-order valence-corrected chi connectivity index (χ1v) is 7.53. The molecule has 134 valence electrons. The maximum Gasteiger partial charge on any atom is 0.360 e. The van der Waals surface area contributed by atoms with Crippen molar-refractivity contribution >= 4 is 11.9 Å². The Kier molecular flexibility index (Phi) is 6.33. The molecule has 0 aliphatic rings. The van der Waals surface area contributed by atoms with Gasteiger partial charge in [-0.3, -0.25) is 4.79 Å². The Morgan fingerprint density at radius 2 is 1.92 bits per heavy atom. The van der Waals surface area contributed by atoms with Crippen LogP contribution in [-0.4, -0.2) is 54.7 Å². The monoisotopic (exact) mass is 348 g/mol. The maximum absolute atomic E-state index is 11.9. The van der Waals surface area contributed by atoms with Crippen LogP contribution in [0.2, 0.25) is 0 Å². The fourth-order valence-electron chi connectivity index (χ4n) is 2.16. The number of esters is 1. The summed E-state index contributed by atoms with van der Waals surface area (Å²) in [5.74, 6) is 0.467. The Morgan fingerprint density at radius 3 is 2.60 bits per heavy atom. The molecule has 0 unspecified atom stereocenters. The van der Waals surface area contributed by atoms with Crippen molar-refractivity contribution in [2.24, 2.45) is 0 Å². The predicted octanol–water partition coefficient (Wildman–Crippen LogP) is 0.441. The molecule has 2 aromatic rings. The molecule has 1 aromatic heterocycles. The molecule has 0 saturated heterocycles. The third-order valence-corrected chi connectivity index (χ3v) is 3.42. The Labute approximate surface area is 144 Å². The molecule has 0 spiro atoms. The van der Waals surface area contributed by atoms with Crippen LogP contribution in [-0.2, 0) is 22.5 Å². The number of aromatic nitrogens is 3. The maximum atomic E-state index is 11.9. The van der Waals surface area contributed by atoms with Gasteiger partial charge in [-0.2, -0.15) is 0 Å². The average molecular weight is 348 g/mol. The second-order valence-corrected chi connectivity index (χ2v) is 5.08. The second kappa shape index (κ2) is 8.67. The number of hydrogen-bond donors (Lipinski definition) is 1. The number of nitrogens with zero attached hydrogens (tertiary/aromatic N) is 3. The molecule has 0 aliphatic carbocycles. The van der Waals surface area contributed by atoms with Gasteiger partial charge < -0.3 is 19.5 Å². The zero-order valence-electron chi connectivity index (χ0n) is 14.3. The average Bonchev–Trinajstić information content (AvgIpc) is 3.09. The van der Waals surface area contributed by atoms with Crippen LogP contribution in [0.15, 0.2) is 24.4 Å². The van der Waals surface area contributed by atoms with E-state index in [1.165, 1.54) is 18.0 Å². The zero-order valence-corrected chi connectivity index (χ0v) is 14.3. The summed E-state index contributed by atoms with van der Waals surface area (Å²) in [6.45, 7) is 0.419. The van der Waals surface area contributed by atoms with Gasteiger partial charge in [-0.05, 0) is 24.1 Å². The first-order chi connectivity index (χ1) is 12.1. The Bertz CT molecular complexity index is 744. The second-order valence-electron chi connectivity index (χ2n) is 5.08. The Morgan fingerprint density at radius 1 is 1.16 bits per heavy atom. The van der Waals surface area contributed by atoms with Gasteiger partial charge >= 0.3 is 5.97 Å². The summed E-state index contributed by atoms with van der Waals surface area (Å²) in [7, 11) is 4.40. The molecule has 1 N–H and O–H groups in total. The molecule has 1 amide bonds. The van der Waals surface area contributed by atoms with Crippen LogP contribution in [0.3, 0.4) is 0 Å². The van der Waals surface area contributed by atoms with E-state index in [1.807, 2.05) is 18.2 Å². The van der Waals surface area contributed by atoms with Crippen molar-refractivity contribution in [1.82, 2.24) is 20.3 Å². The summed E-state index contributed by atoms with van der Waals surface area (Å²) in [6.07, 6.45) is 2.00. The highest BCUT2D eigenvalue weighted by atomic mass is 16.5. The van der Waals surface area contributed by atoms with Crippen LogP contribution in [0.25, 0.3) is 0 Å². The number of benzene rings is 1. The summed E-state index contributed by atoms with van der Waals surface area (Å²) in [4.78, 5) is 23.2. The fraction of sp³-hybridized carbons (Fsp3) is 0.375.